The van der Waals surface area contributed by atoms with Gasteiger partial charge < -0.3 is 4.57 Å². The highest BCUT2D eigenvalue weighted by molar-refractivity contribution is 6.10. The largest absolute Gasteiger partial charge is 0.309 e. The van der Waals surface area contributed by atoms with Crippen LogP contribution in [0, 0.1) is 6.92 Å². The van der Waals surface area contributed by atoms with Crippen LogP contribution in [0.25, 0.3) is 33.1 Å². The van der Waals surface area contributed by atoms with Gasteiger partial charge in [0.05, 0.1) is 11.0 Å². The van der Waals surface area contributed by atoms with Crippen molar-refractivity contribution in [2.24, 2.45) is 0 Å². The number of para-hydroxylation sites is 1. The van der Waals surface area contributed by atoms with Gasteiger partial charge in [0, 0.05) is 16.5 Å². The summed E-state index contributed by atoms with van der Waals surface area (Å²) in [6.07, 6.45) is 7.91. The number of aryl methyl sites for hydroxylation is 1. The van der Waals surface area contributed by atoms with Gasteiger partial charge in [0.25, 0.3) is 0 Å². The van der Waals surface area contributed by atoms with Crippen LogP contribution < -0.4 is 0 Å². The molecule has 0 amide bonds. The summed E-state index contributed by atoms with van der Waals surface area (Å²) >= 11 is 0. The van der Waals surface area contributed by atoms with E-state index in [1.165, 1.54) is 44.2 Å². The molecule has 0 N–H and O–H groups in total. The summed E-state index contributed by atoms with van der Waals surface area (Å²) in [4.78, 5) is 0. The fourth-order valence-electron chi connectivity index (χ4n) is 3.61. The maximum absolute atomic E-state index is 3.73. The molecular formula is C26H23N. The van der Waals surface area contributed by atoms with Gasteiger partial charge in [-0.25, -0.2) is 0 Å². The summed E-state index contributed by atoms with van der Waals surface area (Å²) in [6.45, 7) is 8.03. The number of hydrogen-bond acceptors (Lipinski definition) is 0. The van der Waals surface area contributed by atoms with Gasteiger partial charge in [-0.15, -0.1) is 0 Å². The number of nitrogens with zero attached hydrogens (tertiary/aromatic N) is 1. The summed E-state index contributed by atoms with van der Waals surface area (Å²) in [6, 6.07) is 24.0. The first-order valence-corrected chi connectivity index (χ1v) is 9.25. The van der Waals surface area contributed by atoms with E-state index in [0.29, 0.717) is 0 Å². The quantitative estimate of drug-likeness (QED) is 0.342. The normalized spacial score (nSPS) is 12.3. The lowest BCUT2D eigenvalue weighted by molar-refractivity contribution is 1.18. The number of aromatic nitrogens is 1. The molecule has 0 radical (unpaired) electrons. The minimum Gasteiger partial charge on any atom is -0.309 e. The van der Waals surface area contributed by atoms with Gasteiger partial charge in [-0.3, -0.25) is 0 Å². The highest BCUT2D eigenvalue weighted by Gasteiger charge is 2.13. The highest BCUT2D eigenvalue weighted by Crippen LogP contribution is 2.34. The molecule has 27 heavy (non-hydrogen) atoms. The molecule has 3 aromatic carbocycles. The van der Waals surface area contributed by atoms with E-state index in [-0.39, 0.29) is 0 Å². The fourth-order valence-corrected chi connectivity index (χ4v) is 3.61. The second-order valence-electron chi connectivity index (χ2n) is 6.89. The van der Waals surface area contributed by atoms with E-state index in [4.69, 9.17) is 0 Å². The second kappa shape index (κ2) is 7.13. The summed E-state index contributed by atoms with van der Waals surface area (Å²) in [5.41, 5.74) is 7.43. The lowest BCUT2D eigenvalue weighted by atomic mass is 10.0. The number of hydrogen-bond donors (Lipinski definition) is 0. The zero-order valence-electron chi connectivity index (χ0n) is 15.8. The molecule has 0 atom stereocenters. The molecule has 0 aliphatic rings. The Bertz CT molecular complexity index is 1190. The van der Waals surface area contributed by atoms with Crippen LogP contribution in [-0.2, 0) is 0 Å². The van der Waals surface area contributed by atoms with E-state index < -0.39 is 0 Å². The van der Waals surface area contributed by atoms with Crippen LogP contribution >= 0.6 is 0 Å². The summed E-state index contributed by atoms with van der Waals surface area (Å²) in [7, 11) is 0. The molecule has 4 aromatic rings. The maximum atomic E-state index is 3.73. The van der Waals surface area contributed by atoms with Crippen molar-refractivity contribution in [3.63, 3.8) is 0 Å². The molecule has 4 rings (SSSR count). The molecule has 1 heterocycles. The molecule has 132 valence electrons. The first kappa shape index (κ1) is 17.1. The molecule has 0 saturated carbocycles. The number of fused-ring (bicyclic) bond motifs is 3. The third kappa shape index (κ3) is 3.13. The topological polar surface area (TPSA) is 4.93 Å². The highest BCUT2D eigenvalue weighted by atomic mass is 15.0. The van der Waals surface area contributed by atoms with Gasteiger partial charge in [0.15, 0.2) is 0 Å². The monoisotopic (exact) mass is 349 g/mol. The van der Waals surface area contributed by atoms with Crippen LogP contribution in [0.2, 0.25) is 0 Å². The van der Waals surface area contributed by atoms with Gasteiger partial charge in [-0.2, -0.15) is 0 Å². The summed E-state index contributed by atoms with van der Waals surface area (Å²) in [5.74, 6) is 0. The smallest absolute Gasteiger partial charge is 0.0541 e. The summed E-state index contributed by atoms with van der Waals surface area (Å²) in [5, 5.41) is 2.58. The van der Waals surface area contributed by atoms with Crippen molar-refractivity contribution in [2.75, 3.05) is 0 Å². The molecule has 0 bridgehead atoms. The Balaban J connectivity index is 2.00. The van der Waals surface area contributed by atoms with Gasteiger partial charge in [0.1, 0.15) is 0 Å². The molecule has 0 fully saturated rings. The number of rotatable bonds is 4. The molecule has 0 unspecified atom stereocenters. The predicted octanol–water partition coefficient (Wildman–Crippen LogP) is 7.24. The van der Waals surface area contributed by atoms with Gasteiger partial charge in [-0.05, 0) is 61.4 Å². The van der Waals surface area contributed by atoms with Gasteiger partial charge in [0.2, 0.25) is 0 Å². The van der Waals surface area contributed by atoms with Crippen LogP contribution in [0.4, 0.5) is 0 Å². The average molecular weight is 349 g/mol. The molecule has 0 saturated heterocycles. The molecule has 1 aromatic heterocycles. The molecule has 1 heteroatoms. The van der Waals surface area contributed by atoms with Crippen LogP contribution in [-0.4, -0.2) is 4.57 Å². The van der Waals surface area contributed by atoms with Crippen molar-refractivity contribution in [2.45, 2.75) is 13.8 Å². The van der Waals surface area contributed by atoms with Crippen LogP contribution in [0.1, 0.15) is 18.1 Å². The molecule has 0 spiro atoms. The Morgan fingerprint density at radius 3 is 2.30 bits per heavy atom. The SMILES string of the molecule is C=C/C=C\C=C(/C)c1ccc2c(c1)c1cc(C)ccc1n2-c1ccccc1. The van der Waals surface area contributed by atoms with Crippen LogP contribution in [0.3, 0.4) is 0 Å². The Morgan fingerprint density at radius 1 is 0.852 bits per heavy atom. The molecule has 1 nitrogen and oxygen atoms in total. The molecule has 0 aliphatic heterocycles. The predicted molar refractivity (Wildman–Crippen MR) is 119 cm³/mol. The van der Waals surface area contributed by atoms with Crippen LogP contribution in [0.15, 0.2) is 97.6 Å². The standard InChI is InChI=1S/C26H23N/c1-4-5-7-10-20(3)21-14-16-26-24(18-21)23-17-19(2)13-15-25(23)27(26)22-11-8-6-9-12-22/h4-18H,1H2,2-3H3/b7-5-,20-10+. The van der Waals surface area contributed by atoms with Crippen molar-refractivity contribution in [3.8, 4) is 5.69 Å². The number of allylic oxidation sites excluding steroid dienone is 5. The Kier molecular flexibility index (Phi) is 4.52. The number of benzene rings is 3. The van der Waals surface area contributed by atoms with Crippen LogP contribution in [0.5, 0.6) is 0 Å². The Hall–Kier alpha value is -3.32. The van der Waals surface area contributed by atoms with Gasteiger partial charge in [-0.1, -0.05) is 66.8 Å². The molecular weight excluding hydrogens is 326 g/mol. The van der Waals surface area contributed by atoms with Gasteiger partial charge >= 0.3 is 0 Å². The average Bonchev–Trinajstić information content (AvgIpc) is 3.01. The minimum atomic E-state index is 1.19. The van der Waals surface area contributed by atoms with Crippen molar-refractivity contribution >= 4 is 27.4 Å². The Morgan fingerprint density at radius 2 is 1.56 bits per heavy atom. The van der Waals surface area contributed by atoms with Crippen molar-refractivity contribution in [1.82, 2.24) is 4.57 Å². The van der Waals surface area contributed by atoms with E-state index in [9.17, 15) is 0 Å². The first-order chi connectivity index (χ1) is 13.2. The van der Waals surface area contributed by atoms with E-state index in [2.05, 4.69) is 97.8 Å². The second-order valence-corrected chi connectivity index (χ2v) is 6.89. The fraction of sp³-hybridized carbons (Fsp3) is 0.0769. The van der Waals surface area contributed by atoms with E-state index in [0.717, 1.165) is 0 Å². The van der Waals surface area contributed by atoms with Crippen molar-refractivity contribution in [1.29, 1.82) is 0 Å². The van der Waals surface area contributed by atoms with E-state index in [1.807, 2.05) is 12.2 Å². The van der Waals surface area contributed by atoms with E-state index in [1.54, 1.807) is 6.08 Å². The third-order valence-corrected chi connectivity index (χ3v) is 4.98. The Labute approximate surface area is 160 Å². The third-order valence-electron chi connectivity index (χ3n) is 4.98. The lowest BCUT2D eigenvalue weighted by Crippen LogP contribution is -1.93. The summed E-state index contributed by atoms with van der Waals surface area (Å²) < 4.78 is 2.35. The van der Waals surface area contributed by atoms with Crippen molar-refractivity contribution in [3.05, 3.63) is 109 Å². The maximum Gasteiger partial charge on any atom is 0.0541 e. The zero-order chi connectivity index (χ0) is 18.8. The minimum absolute atomic E-state index is 1.19. The lowest BCUT2D eigenvalue weighted by Gasteiger charge is -2.08. The molecule has 0 aliphatic carbocycles. The zero-order valence-corrected chi connectivity index (χ0v) is 15.8. The van der Waals surface area contributed by atoms with Crippen molar-refractivity contribution < 1.29 is 0 Å². The first-order valence-electron chi connectivity index (χ1n) is 9.25. The van der Waals surface area contributed by atoms with E-state index >= 15 is 0 Å².